The maximum atomic E-state index is 12.0. The van der Waals surface area contributed by atoms with Crippen LogP contribution in [0.15, 0.2) is 71.8 Å². The van der Waals surface area contributed by atoms with Gasteiger partial charge in [0.05, 0.1) is 13.3 Å². The third-order valence-electron chi connectivity index (χ3n) is 4.94. The number of nitrogens with zero attached hydrogens (tertiary/aromatic N) is 2. The highest BCUT2D eigenvalue weighted by atomic mass is 16.5. The van der Waals surface area contributed by atoms with Crippen molar-refractivity contribution in [2.24, 2.45) is 5.10 Å². The Morgan fingerprint density at radius 3 is 2.50 bits per heavy atom. The quantitative estimate of drug-likeness (QED) is 0.370. The van der Waals surface area contributed by atoms with Crippen molar-refractivity contribution in [1.29, 1.82) is 0 Å². The van der Waals surface area contributed by atoms with Crippen molar-refractivity contribution in [1.82, 2.24) is 9.99 Å². The van der Waals surface area contributed by atoms with Crippen LogP contribution in [0, 0.1) is 0 Å². The topological polar surface area (TPSA) is 64.9 Å². The van der Waals surface area contributed by atoms with Crippen molar-refractivity contribution in [3.8, 4) is 11.5 Å². The summed E-state index contributed by atoms with van der Waals surface area (Å²) in [7, 11) is 1.60. The van der Waals surface area contributed by atoms with Gasteiger partial charge in [0, 0.05) is 28.4 Å². The van der Waals surface area contributed by atoms with Gasteiger partial charge in [-0.1, -0.05) is 24.3 Å². The Balaban J connectivity index is 1.42. The first-order valence-electron chi connectivity index (χ1n) is 9.79. The number of carbonyl (C=O) groups excluding carboxylic acids is 1. The molecule has 4 rings (SSSR count). The lowest BCUT2D eigenvalue weighted by Crippen LogP contribution is -2.24. The van der Waals surface area contributed by atoms with Gasteiger partial charge in [0.1, 0.15) is 11.5 Å². The molecule has 1 heterocycles. The van der Waals surface area contributed by atoms with Crippen LogP contribution in [-0.4, -0.2) is 30.4 Å². The third-order valence-corrected chi connectivity index (χ3v) is 4.94. The van der Waals surface area contributed by atoms with Gasteiger partial charge in [0.2, 0.25) is 0 Å². The third kappa shape index (κ3) is 3.98. The van der Waals surface area contributed by atoms with Crippen LogP contribution in [-0.2, 0) is 11.3 Å². The van der Waals surface area contributed by atoms with Crippen molar-refractivity contribution < 1.29 is 14.3 Å². The first-order chi connectivity index (χ1) is 14.7. The van der Waals surface area contributed by atoms with Crippen molar-refractivity contribution in [3.63, 3.8) is 0 Å². The molecule has 1 aromatic heterocycles. The largest absolute Gasteiger partial charge is 0.497 e. The number of hydrogen-bond donors (Lipinski definition) is 1. The molecule has 1 N–H and O–H groups in total. The van der Waals surface area contributed by atoms with Gasteiger partial charge in [-0.3, -0.25) is 4.79 Å². The number of para-hydroxylation sites is 1. The molecule has 0 saturated heterocycles. The Hall–Kier alpha value is -3.80. The minimum absolute atomic E-state index is 0.118. The molecule has 1 amide bonds. The summed E-state index contributed by atoms with van der Waals surface area (Å²) in [5, 5.41) is 6.45. The van der Waals surface area contributed by atoms with Crippen molar-refractivity contribution >= 4 is 33.9 Å². The monoisotopic (exact) mass is 401 g/mol. The highest BCUT2D eigenvalue weighted by Gasteiger charge is 2.09. The predicted octanol–water partition coefficient (Wildman–Crippen LogP) is 4.35. The molecule has 0 bridgehead atoms. The molecule has 4 aromatic rings. The van der Waals surface area contributed by atoms with E-state index in [1.165, 1.54) is 21.8 Å². The number of hydrazone groups is 1. The zero-order valence-electron chi connectivity index (χ0n) is 17.0. The summed E-state index contributed by atoms with van der Waals surface area (Å²) in [6, 6.07) is 21.6. The lowest BCUT2D eigenvalue weighted by Gasteiger charge is -2.06. The lowest BCUT2D eigenvalue weighted by atomic mass is 10.1. The smallest absolute Gasteiger partial charge is 0.277 e. The maximum absolute atomic E-state index is 12.0. The van der Waals surface area contributed by atoms with Crippen LogP contribution < -0.4 is 14.9 Å². The molecule has 152 valence electrons. The highest BCUT2D eigenvalue weighted by molar-refractivity contribution is 6.09. The standard InChI is InChI=1S/C24H23N3O3/c1-3-27-22-7-5-4-6-20(22)21-14-17(8-13-23(21)27)15-25-26-24(28)16-30-19-11-9-18(29-2)10-12-19/h4-15H,3,16H2,1-2H3,(H,26,28)/b25-15+. The van der Waals surface area contributed by atoms with E-state index >= 15 is 0 Å². The second kappa shape index (κ2) is 8.69. The number of methoxy groups -OCH3 is 1. The molecular formula is C24H23N3O3. The molecule has 0 fully saturated rings. The second-order valence-corrected chi connectivity index (χ2v) is 6.80. The Morgan fingerprint density at radius 2 is 1.73 bits per heavy atom. The second-order valence-electron chi connectivity index (χ2n) is 6.80. The minimum Gasteiger partial charge on any atom is -0.497 e. The average molecular weight is 401 g/mol. The molecule has 0 radical (unpaired) electrons. The fourth-order valence-electron chi connectivity index (χ4n) is 3.52. The number of aryl methyl sites for hydroxylation is 1. The molecule has 0 saturated carbocycles. The SMILES string of the molecule is CCn1c2ccccc2c2cc(/C=N/NC(=O)COc3ccc(OC)cc3)ccc21. The summed E-state index contributed by atoms with van der Waals surface area (Å²) < 4.78 is 12.8. The Labute approximate surface area is 174 Å². The van der Waals surface area contributed by atoms with Gasteiger partial charge >= 0.3 is 0 Å². The minimum atomic E-state index is -0.328. The van der Waals surface area contributed by atoms with E-state index < -0.39 is 0 Å². The number of ether oxygens (including phenoxy) is 2. The number of nitrogens with one attached hydrogen (secondary N) is 1. The van der Waals surface area contributed by atoms with Crippen molar-refractivity contribution in [3.05, 3.63) is 72.3 Å². The zero-order valence-corrected chi connectivity index (χ0v) is 17.0. The summed E-state index contributed by atoms with van der Waals surface area (Å²) >= 11 is 0. The first-order valence-corrected chi connectivity index (χ1v) is 9.79. The van der Waals surface area contributed by atoms with E-state index in [-0.39, 0.29) is 12.5 Å². The number of benzene rings is 3. The van der Waals surface area contributed by atoms with Gasteiger partial charge < -0.3 is 14.0 Å². The Bertz CT molecular complexity index is 1210. The van der Waals surface area contributed by atoms with E-state index in [4.69, 9.17) is 9.47 Å². The fourth-order valence-corrected chi connectivity index (χ4v) is 3.52. The number of carbonyl (C=O) groups is 1. The first kappa shape index (κ1) is 19.5. The lowest BCUT2D eigenvalue weighted by molar-refractivity contribution is -0.123. The Morgan fingerprint density at radius 1 is 1.00 bits per heavy atom. The normalized spacial score (nSPS) is 11.3. The summed E-state index contributed by atoms with van der Waals surface area (Å²) in [5.74, 6) is 0.994. The van der Waals surface area contributed by atoms with Crippen LogP contribution in [0.5, 0.6) is 11.5 Å². The summed E-state index contributed by atoms with van der Waals surface area (Å²) in [6.45, 7) is 2.93. The van der Waals surface area contributed by atoms with Gasteiger partial charge in [-0.05, 0) is 55.0 Å². The molecule has 0 aliphatic carbocycles. The number of aromatic nitrogens is 1. The van der Waals surface area contributed by atoms with E-state index in [1.54, 1.807) is 37.6 Å². The molecule has 0 aliphatic heterocycles. The predicted molar refractivity (Wildman–Crippen MR) is 119 cm³/mol. The number of amides is 1. The summed E-state index contributed by atoms with van der Waals surface area (Å²) in [4.78, 5) is 12.0. The molecular weight excluding hydrogens is 378 g/mol. The van der Waals surface area contributed by atoms with E-state index in [0.717, 1.165) is 17.9 Å². The molecule has 0 unspecified atom stereocenters. The van der Waals surface area contributed by atoms with E-state index in [9.17, 15) is 4.79 Å². The summed E-state index contributed by atoms with van der Waals surface area (Å²) in [5.41, 5.74) is 5.82. The summed E-state index contributed by atoms with van der Waals surface area (Å²) in [6.07, 6.45) is 1.64. The average Bonchev–Trinajstić information content (AvgIpc) is 3.11. The zero-order chi connectivity index (χ0) is 20.9. The number of fused-ring (bicyclic) bond motifs is 3. The Kier molecular flexibility index (Phi) is 5.66. The van der Waals surface area contributed by atoms with Crippen molar-refractivity contribution in [2.75, 3.05) is 13.7 Å². The van der Waals surface area contributed by atoms with Gasteiger partial charge in [0.25, 0.3) is 5.91 Å². The van der Waals surface area contributed by atoms with E-state index in [0.29, 0.717) is 5.75 Å². The van der Waals surface area contributed by atoms with Crippen LogP contribution in [0.25, 0.3) is 21.8 Å². The molecule has 0 spiro atoms. The molecule has 0 aliphatic rings. The van der Waals surface area contributed by atoms with Gasteiger partial charge in [-0.15, -0.1) is 0 Å². The van der Waals surface area contributed by atoms with E-state index in [1.807, 2.05) is 12.1 Å². The highest BCUT2D eigenvalue weighted by Crippen LogP contribution is 2.29. The van der Waals surface area contributed by atoms with Gasteiger partial charge in [-0.25, -0.2) is 5.43 Å². The van der Waals surface area contributed by atoms with Gasteiger partial charge in [0.15, 0.2) is 6.61 Å². The van der Waals surface area contributed by atoms with Crippen LogP contribution in [0.3, 0.4) is 0 Å². The van der Waals surface area contributed by atoms with E-state index in [2.05, 4.69) is 52.3 Å². The van der Waals surface area contributed by atoms with Crippen LogP contribution in [0.1, 0.15) is 12.5 Å². The van der Waals surface area contributed by atoms with Crippen molar-refractivity contribution in [2.45, 2.75) is 13.5 Å². The molecule has 0 atom stereocenters. The molecule has 6 heteroatoms. The van der Waals surface area contributed by atoms with Gasteiger partial charge in [-0.2, -0.15) is 5.10 Å². The van der Waals surface area contributed by atoms with Crippen LogP contribution >= 0.6 is 0 Å². The molecule has 6 nitrogen and oxygen atoms in total. The van der Waals surface area contributed by atoms with Crippen LogP contribution in [0.4, 0.5) is 0 Å². The number of rotatable bonds is 7. The maximum Gasteiger partial charge on any atom is 0.277 e. The van der Waals surface area contributed by atoms with Crippen LogP contribution in [0.2, 0.25) is 0 Å². The number of hydrogen-bond acceptors (Lipinski definition) is 4. The molecule has 3 aromatic carbocycles. The molecule has 30 heavy (non-hydrogen) atoms. The fraction of sp³-hybridized carbons (Fsp3) is 0.167.